The van der Waals surface area contributed by atoms with Gasteiger partial charge >= 0.3 is 0 Å². The van der Waals surface area contributed by atoms with Gasteiger partial charge in [0.05, 0.1) is 39.6 Å². The van der Waals surface area contributed by atoms with Crippen LogP contribution in [0.2, 0.25) is 0 Å². The molecule has 32 heavy (non-hydrogen) atoms. The molecule has 0 saturated carbocycles. The van der Waals surface area contributed by atoms with Crippen molar-refractivity contribution in [1.82, 2.24) is 21.3 Å². The molecular formula is C20H38N4O8. The van der Waals surface area contributed by atoms with Crippen molar-refractivity contribution in [1.29, 1.82) is 0 Å². The zero-order chi connectivity index (χ0) is 23.9. The van der Waals surface area contributed by atoms with Crippen LogP contribution in [0.25, 0.3) is 0 Å². The number of hydrogen-bond donors (Lipinski definition) is 4. The molecule has 12 heteroatoms. The summed E-state index contributed by atoms with van der Waals surface area (Å²) in [4.78, 5) is 45.0. The van der Waals surface area contributed by atoms with Crippen molar-refractivity contribution in [3.63, 3.8) is 0 Å². The Morgan fingerprint density at radius 3 is 1.62 bits per heavy atom. The van der Waals surface area contributed by atoms with E-state index in [4.69, 9.17) is 18.9 Å². The highest BCUT2D eigenvalue weighted by Gasteiger charge is 2.03. The third-order valence-electron chi connectivity index (χ3n) is 3.68. The lowest BCUT2D eigenvalue weighted by atomic mass is 10.3. The molecule has 12 nitrogen and oxygen atoms in total. The fraction of sp³-hybridized carbons (Fsp3) is 0.800. The van der Waals surface area contributed by atoms with E-state index in [9.17, 15) is 19.2 Å². The molecule has 0 aliphatic rings. The molecule has 0 aromatic rings. The molecule has 0 unspecified atom stereocenters. The number of carbonyl (C=O) groups excluding carboxylic acids is 4. The molecule has 0 aromatic heterocycles. The van der Waals surface area contributed by atoms with Gasteiger partial charge in [-0.25, -0.2) is 0 Å². The van der Waals surface area contributed by atoms with Gasteiger partial charge < -0.3 is 40.2 Å². The monoisotopic (exact) mass is 462 g/mol. The summed E-state index contributed by atoms with van der Waals surface area (Å²) in [7, 11) is 0. The fourth-order valence-electron chi connectivity index (χ4n) is 2.20. The van der Waals surface area contributed by atoms with E-state index in [2.05, 4.69) is 21.3 Å². The molecule has 0 bridgehead atoms. The molecule has 0 aliphatic carbocycles. The predicted octanol–water partition coefficient (Wildman–Crippen LogP) is -1.66. The molecule has 0 radical (unpaired) electrons. The summed E-state index contributed by atoms with van der Waals surface area (Å²) in [6.45, 7) is 6.86. The lowest BCUT2D eigenvalue weighted by Gasteiger charge is -2.09. The molecule has 0 atom stereocenters. The summed E-state index contributed by atoms with van der Waals surface area (Å²) in [5.74, 6) is -0.625. The third-order valence-corrected chi connectivity index (χ3v) is 3.68. The van der Waals surface area contributed by atoms with E-state index >= 15 is 0 Å². The lowest BCUT2D eigenvalue weighted by Crippen LogP contribution is -2.31. The Labute approximate surface area is 189 Å². The molecule has 0 fully saturated rings. The van der Waals surface area contributed by atoms with Crippen molar-refractivity contribution in [2.75, 3.05) is 79.0 Å². The molecule has 0 heterocycles. The minimum atomic E-state index is -0.257. The zero-order valence-corrected chi connectivity index (χ0v) is 19.2. The standard InChI is InChI=1S/C20H38N4O8/c1-3-21-19(27)15-31-13-11-30-10-8-24-20(28)16-32-14-12-29-9-7-23-18(26)5-4-6-22-17(2)25/h3-16H2,1-2H3,(H,21,27)(H,22,25)(H,23,26)(H,24,28). The average Bonchev–Trinajstić information content (AvgIpc) is 2.75. The van der Waals surface area contributed by atoms with Gasteiger partial charge in [-0.1, -0.05) is 0 Å². The van der Waals surface area contributed by atoms with Crippen LogP contribution in [0.3, 0.4) is 0 Å². The zero-order valence-electron chi connectivity index (χ0n) is 19.2. The first-order chi connectivity index (χ1) is 15.5. The Bertz CT molecular complexity index is 534. The first-order valence-electron chi connectivity index (χ1n) is 10.8. The second-order valence-corrected chi connectivity index (χ2v) is 6.57. The van der Waals surface area contributed by atoms with Gasteiger partial charge in [-0.15, -0.1) is 0 Å². The average molecular weight is 463 g/mol. The number of carbonyl (C=O) groups is 4. The number of likely N-dealkylation sites (N-methyl/N-ethyl adjacent to an activating group) is 1. The van der Waals surface area contributed by atoms with E-state index in [1.807, 2.05) is 6.92 Å². The Morgan fingerprint density at radius 2 is 1.09 bits per heavy atom. The summed E-state index contributed by atoms with van der Waals surface area (Å²) < 4.78 is 20.9. The smallest absolute Gasteiger partial charge is 0.246 e. The van der Waals surface area contributed by atoms with Crippen molar-refractivity contribution in [2.24, 2.45) is 0 Å². The second kappa shape index (κ2) is 21.9. The summed E-state index contributed by atoms with van der Waals surface area (Å²) >= 11 is 0. The van der Waals surface area contributed by atoms with E-state index in [1.165, 1.54) is 6.92 Å². The van der Waals surface area contributed by atoms with Crippen molar-refractivity contribution in [3.8, 4) is 0 Å². The van der Waals surface area contributed by atoms with Gasteiger partial charge in [0.15, 0.2) is 0 Å². The van der Waals surface area contributed by atoms with Crippen LogP contribution in [0.5, 0.6) is 0 Å². The van der Waals surface area contributed by atoms with Gasteiger partial charge in [0, 0.05) is 39.5 Å². The summed E-state index contributed by atoms with van der Waals surface area (Å²) in [5, 5.41) is 10.6. The van der Waals surface area contributed by atoms with Crippen LogP contribution >= 0.6 is 0 Å². The van der Waals surface area contributed by atoms with Crippen LogP contribution in [0.1, 0.15) is 26.7 Å². The van der Waals surface area contributed by atoms with Crippen LogP contribution in [-0.2, 0) is 38.1 Å². The maximum absolute atomic E-state index is 11.6. The number of rotatable bonds is 21. The molecule has 0 aromatic carbocycles. The summed E-state index contributed by atoms with van der Waals surface area (Å²) in [5.41, 5.74) is 0. The SMILES string of the molecule is CCNC(=O)COCCOCCNC(=O)COCCOCCNC(=O)CCCNC(C)=O. The Morgan fingerprint density at radius 1 is 0.594 bits per heavy atom. The van der Waals surface area contributed by atoms with Gasteiger partial charge in [-0.05, 0) is 13.3 Å². The van der Waals surface area contributed by atoms with Gasteiger partial charge in [0.2, 0.25) is 23.6 Å². The molecular weight excluding hydrogens is 424 g/mol. The van der Waals surface area contributed by atoms with Crippen LogP contribution in [0.15, 0.2) is 0 Å². The molecule has 4 amide bonds. The minimum Gasteiger partial charge on any atom is -0.377 e. The molecule has 0 aliphatic heterocycles. The highest BCUT2D eigenvalue weighted by atomic mass is 16.5. The van der Waals surface area contributed by atoms with Crippen LogP contribution < -0.4 is 21.3 Å². The predicted molar refractivity (Wildman–Crippen MR) is 116 cm³/mol. The van der Waals surface area contributed by atoms with Crippen LogP contribution in [0.4, 0.5) is 0 Å². The summed E-state index contributed by atoms with van der Waals surface area (Å²) in [6, 6.07) is 0. The largest absolute Gasteiger partial charge is 0.377 e. The molecule has 4 N–H and O–H groups in total. The maximum atomic E-state index is 11.6. The van der Waals surface area contributed by atoms with Gasteiger partial charge in [-0.2, -0.15) is 0 Å². The Balaban J connectivity index is 3.32. The quantitative estimate of drug-likeness (QED) is 0.148. The third kappa shape index (κ3) is 22.4. The van der Waals surface area contributed by atoms with Crippen LogP contribution in [0, 0.1) is 0 Å². The molecule has 0 rings (SSSR count). The Kier molecular flexibility index (Phi) is 20.4. The normalized spacial score (nSPS) is 10.4. The van der Waals surface area contributed by atoms with Gasteiger partial charge in [-0.3, -0.25) is 19.2 Å². The van der Waals surface area contributed by atoms with Gasteiger partial charge in [0.25, 0.3) is 0 Å². The lowest BCUT2D eigenvalue weighted by molar-refractivity contribution is -0.127. The van der Waals surface area contributed by atoms with Crippen LogP contribution in [-0.4, -0.2) is 103 Å². The molecule has 0 spiro atoms. The van der Waals surface area contributed by atoms with E-state index in [1.54, 1.807) is 0 Å². The van der Waals surface area contributed by atoms with Crippen molar-refractivity contribution < 1.29 is 38.1 Å². The van der Waals surface area contributed by atoms with E-state index < -0.39 is 0 Å². The van der Waals surface area contributed by atoms with Crippen molar-refractivity contribution >= 4 is 23.6 Å². The second-order valence-electron chi connectivity index (χ2n) is 6.57. The topological polar surface area (TPSA) is 153 Å². The number of ether oxygens (including phenoxy) is 4. The maximum Gasteiger partial charge on any atom is 0.246 e. The van der Waals surface area contributed by atoms with Crippen molar-refractivity contribution in [2.45, 2.75) is 26.7 Å². The first kappa shape index (κ1) is 29.7. The van der Waals surface area contributed by atoms with E-state index in [0.29, 0.717) is 72.1 Å². The van der Waals surface area contributed by atoms with E-state index in [0.717, 1.165) is 0 Å². The Hall–Kier alpha value is -2.28. The number of nitrogens with one attached hydrogen (secondary N) is 4. The molecule has 0 saturated heterocycles. The highest BCUT2D eigenvalue weighted by molar-refractivity contribution is 5.77. The highest BCUT2D eigenvalue weighted by Crippen LogP contribution is 1.87. The molecule has 186 valence electrons. The fourth-order valence-corrected chi connectivity index (χ4v) is 2.20. The summed E-state index contributed by atoms with van der Waals surface area (Å²) in [6.07, 6.45) is 0.928. The van der Waals surface area contributed by atoms with Crippen molar-refractivity contribution in [3.05, 3.63) is 0 Å². The number of hydrogen-bond acceptors (Lipinski definition) is 8. The first-order valence-corrected chi connectivity index (χ1v) is 10.8. The van der Waals surface area contributed by atoms with Gasteiger partial charge in [0.1, 0.15) is 13.2 Å². The minimum absolute atomic E-state index is 0.00469. The number of amides is 4. The van der Waals surface area contributed by atoms with E-state index in [-0.39, 0.29) is 43.4 Å².